The third-order valence-electron chi connectivity index (χ3n) is 3.22. The van der Waals surface area contributed by atoms with Gasteiger partial charge in [-0.25, -0.2) is 13.6 Å². The average molecular weight is 411 g/mol. The van der Waals surface area contributed by atoms with Crippen molar-refractivity contribution in [2.24, 2.45) is 0 Å². The van der Waals surface area contributed by atoms with Gasteiger partial charge in [0.15, 0.2) is 0 Å². The van der Waals surface area contributed by atoms with E-state index in [0.717, 1.165) is 30.3 Å². The van der Waals surface area contributed by atoms with Gasteiger partial charge >= 0.3 is 5.97 Å². The number of carbonyl (C=O) groups is 2. The number of non-ortho nitro benzene ring substituents is 2. The van der Waals surface area contributed by atoms with Gasteiger partial charge in [-0.3, -0.25) is 25.0 Å². The zero-order valence-corrected chi connectivity index (χ0v) is 15.1. The van der Waals surface area contributed by atoms with Gasteiger partial charge in [0.1, 0.15) is 11.6 Å². The molecule has 0 spiro atoms. The number of rotatable bonds is 5. The Hall–Kier alpha value is -3.96. The molecule has 0 aliphatic carbocycles. The van der Waals surface area contributed by atoms with Crippen LogP contribution in [0.3, 0.4) is 0 Å². The molecule has 0 fully saturated rings. The van der Waals surface area contributed by atoms with E-state index < -0.39 is 44.6 Å². The number of nitrogens with one attached hydrogen (secondary N) is 1. The van der Waals surface area contributed by atoms with Crippen LogP contribution in [0.25, 0.3) is 0 Å². The van der Waals surface area contributed by atoms with Crippen LogP contribution in [0.4, 0.5) is 20.2 Å². The van der Waals surface area contributed by atoms with E-state index in [0.29, 0.717) is 6.07 Å². The molecule has 0 aliphatic heterocycles. The number of hydrogen-bond acceptors (Lipinski definition) is 6. The summed E-state index contributed by atoms with van der Waals surface area (Å²) < 4.78 is 26.1. The maximum Gasteiger partial charge on any atom is 0.338 e. The van der Waals surface area contributed by atoms with E-state index in [1.807, 2.05) is 0 Å². The summed E-state index contributed by atoms with van der Waals surface area (Å²) in [7, 11) is 0. The van der Waals surface area contributed by atoms with E-state index in [-0.39, 0.29) is 17.3 Å². The van der Waals surface area contributed by atoms with Crippen molar-refractivity contribution < 1.29 is 33.3 Å². The van der Waals surface area contributed by atoms with E-state index in [1.54, 1.807) is 13.8 Å². The highest BCUT2D eigenvalue weighted by Crippen LogP contribution is 2.17. The number of hydrogen-bond donors (Lipinski definition) is 2. The second-order valence-corrected chi connectivity index (χ2v) is 5.78. The van der Waals surface area contributed by atoms with Crippen LogP contribution in [-0.4, -0.2) is 32.9 Å². The third-order valence-corrected chi connectivity index (χ3v) is 3.22. The number of halogens is 2. The van der Waals surface area contributed by atoms with Crippen LogP contribution < -0.4 is 5.32 Å². The van der Waals surface area contributed by atoms with E-state index in [1.165, 1.54) is 0 Å². The molecule has 0 aliphatic rings. The van der Waals surface area contributed by atoms with Gasteiger partial charge in [-0.05, 0) is 26.0 Å². The second kappa shape index (κ2) is 9.82. The molecule has 10 nitrogen and oxygen atoms in total. The fraction of sp³-hybridized carbons (Fsp3) is 0.176. The Bertz CT molecular complexity index is 964. The Morgan fingerprint density at radius 3 is 1.66 bits per heavy atom. The van der Waals surface area contributed by atoms with Gasteiger partial charge in [0.25, 0.3) is 17.3 Å². The standard InChI is InChI=1S/C10H11FN2O3.C7H4FNO4/c1-6(2)12-10(14)8-4-3-7(13(15)16)5-9(8)11;8-6-3-4(9(12)13)1-2-5(6)7(10)11/h3-6H,1-2H3,(H,12,14);1-3H,(H,10,11). The molecule has 1 amide bonds. The first-order chi connectivity index (χ1) is 13.4. The maximum atomic E-state index is 13.3. The lowest BCUT2D eigenvalue weighted by Crippen LogP contribution is -2.30. The number of carbonyl (C=O) groups excluding carboxylic acids is 1. The summed E-state index contributed by atoms with van der Waals surface area (Å²) in [6.45, 7) is 3.47. The lowest BCUT2D eigenvalue weighted by atomic mass is 10.1. The van der Waals surface area contributed by atoms with Gasteiger partial charge in [0, 0.05) is 18.2 Å². The van der Waals surface area contributed by atoms with Crippen molar-refractivity contribution in [1.29, 1.82) is 0 Å². The Kier molecular flexibility index (Phi) is 7.82. The quantitative estimate of drug-likeness (QED) is 0.565. The zero-order valence-electron chi connectivity index (χ0n) is 15.1. The molecule has 2 rings (SSSR count). The fourth-order valence-corrected chi connectivity index (χ4v) is 1.93. The first-order valence-electron chi connectivity index (χ1n) is 7.86. The van der Waals surface area contributed by atoms with Crippen molar-refractivity contribution >= 4 is 23.3 Å². The van der Waals surface area contributed by atoms with Crippen molar-refractivity contribution in [2.75, 3.05) is 0 Å². The molecular weight excluding hydrogens is 396 g/mol. The fourth-order valence-electron chi connectivity index (χ4n) is 1.93. The van der Waals surface area contributed by atoms with Crippen LogP contribution in [-0.2, 0) is 0 Å². The van der Waals surface area contributed by atoms with Gasteiger partial charge in [0.05, 0.1) is 33.1 Å². The lowest BCUT2D eigenvalue weighted by molar-refractivity contribution is -0.385. The third kappa shape index (κ3) is 6.61. The van der Waals surface area contributed by atoms with Crippen molar-refractivity contribution in [3.8, 4) is 0 Å². The molecule has 0 bridgehead atoms. The van der Waals surface area contributed by atoms with Crippen LogP contribution in [0.5, 0.6) is 0 Å². The number of carboxylic acid groups (broad SMARTS) is 1. The second-order valence-electron chi connectivity index (χ2n) is 5.78. The van der Waals surface area contributed by atoms with Gasteiger partial charge in [-0.2, -0.15) is 0 Å². The summed E-state index contributed by atoms with van der Waals surface area (Å²) in [4.78, 5) is 40.7. The number of amides is 1. The molecule has 0 saturated carbocycles. The smallest absolute Gasteiger partial charge is 0.338 e. The van der Waals surface area contributed by atoms with E-state index in [2.05, 4.69) is 5.32 Å². The Morgan fingerprint density at radius 2 is 1.34 bits per heavy atom. The minimum absolute atomic E-state index is 0.123. The molecule has 0 aromatic heterocycles. The number of nitrogens with zero attached hydrogens (tertiary/aromatic N) is 2. The highest BCUT2D eigenvalue weighted by atomic mass is 19.1. The van der Waals surface area contributed by atoms with Crippen LogP contribution >= 0.6 is 0 Å². The highest BCUT2D eigenvalue weighted by molar-refractivity contribution is 5.94. The highest BCUT2D eigenvalue weighted by Gasteiger charge is 2.16. The minimum atomic E-state index is -1.45. The molecule has 12 heteroatoms. The summed E-state index contributed by atoms with van der Waals surface area (Å²) >= 11 is 0. The molecular formula is C17H15F2N3O7. The predicted molar refractivity (Wildman–Crippen MR) is 95.7 cm³/mol. The van der Waals surface area contributed by atoms with Gasteiger partial charge in [0.2, 0.25) is 0 Å². The maximum absolute atomic E-state index is 13.3. The number of carboxylic acids is 1. The molecule has 0 radical (unpaired) electrons. The monoisotopic (exact) mass is 411 g/mol. The number of nitro groups is 2. The lowest BCUT2D eigenvalue weighted by Gasteiger charge is -2.08. The molecule has 0 saturated heterocycles. The Morgan fingerprint density at radius 1 is 0.931 bits per heavy atom. The Balaban J connectivity index is 0.000000296. The molecule has 2 aromatic rings. The van der Waals surface area contributed by atoms with Crippen LogP contribution in [0.1, 0.15) is 34.6 Å². The predicted octanol–water partition coefficient (Wildman–Crippen LogP) is 3.30. The van der Waals surface area contributed by atoms with Crippen LogP contribution in [0.15, 0.2) is 36.4 Å². The SMILES string of the molecule is CC(C)NC(=O)c1ccc([N+](=O)[O-])cc1F.O=C(O)c1ccc([N+](=O)[O-])cc1F. The van der Waals surface area contributed by atoms with E-state index in [9.17, 15) is 38.6 Å². The van der Waals surface area contributed by atoms with Crippen molar-refractivity contribution in [3.63, 3.8) is 0 Å². The molecule has 0 unspecified atom stereocenters. The zero-order chi connectivity index (χ0) is 22.3. The molecule has 29 heavy (non-hydrogen) atoms. The first-order valence-corrected chi connectivity index (χ1v) is 7.86. The molecule has 154 valence electrons. The van der Waals surface area contributed by atoms with Crippen molar-refractivity contribution in [2.45, 2.75) is 19.9 Å². The molecule has 0 atom stereocenters. The molecule has 2 aromatic carbocycles. The summed E-state index contributed by atoms with van der Waals surface area (Å²) in [6.07, 6.45) is 0. The van der Waals surface area contributed by atoms with E-state index in [4.69, 9.17) is 5.11 Å². The summed E-state index contributed by atoms with van der Waals surface area (Å²) in [5.74, 6) is -4.04. The molecule has 0 heterocycles. The topological polar surface area (TPSA) is 153 Å². The summed E-state index contributed by atoms with van der Waals surface area (Å²) in [5, 5.41) is 31.4. The summed E-state index contributed by atoms with van der Waals surface area (Å²) in [6, 6.07) is 5.17. The first kappa shape index (κ1) is 23.1. The number of aromatic carboxylic acids is 1. The van der Waals surface area contributed by atoms with Crippen molar-refractivity contribution in [3.05, 3.63) is 79.4 Å². The minimum Gasteiger partial charge on any atom is -0.478 e. The van der Waals surface area contributed by atoms with Gasteiger partial charge in [-0.1, -0.05) is 0 Å². The number of benzene rings is 2. The Labute approximate surface area is 162 Å². The summed E-state index contributed by atoms with van der Waals surface area (Å²) in [5.41, 5.74) is -1.62. The largest absolute Gasteiger partial charge is 0.478 e. The van der Waals surface area contributed by atoms with Crippen LogP contribution in [0, 0.1) is 31.9 Å². The average Bonchev–Trinajstić information content (AvgIpc) is 2.60. The van der Waals surface area contributed by atoms with Gasteiger partial charge in [-0.15, -0.1) is 0 Å². The normalized spacial score (nSPS) is 9.97. The van der Waals surface area contributed by atoms with Crippen molar-refractivity contribution in [1.82, 2.24) is 5.32 Å². The van der Waals surface area contributed by atoms with Gasteiger partial charge < -0.3 is 10.4 Å². The molecule has 2 N–H and O–H groups in total. The number of nitro benzene ring substituents is 2. The van der Waals surface area contributed by atoms with E-state index >= 15 is 0 Å². The van der Waals surface area contributed by atoms with Crippen LogP contribution in [0.2, 0.25) is 0 Å².